The van der Waals surface area contributed by atoms with Crippen molar-refractivity contribution in [3.8, 4) is 0 Å². The molecule has 1 aliphatic rings. The predicted molar refractivity (Wildman–Crippen MR) is 125 cm³/mol. The minimum Gasteiger partial charge on any atom is -0.270 e. The van der Waals surface area contributed by atoms with Crippen LogP contribution in [-0.2, 0) is 18.4 Å². The molecule has 0 N–H and O–H groups in total. The Kier molecular flexibility index (Phi) is 6.66. The molecule has 4 unspecified atom stereocenters. The summed E-state index contributed by atoms with van der Waals surface area (Å²) in [5.74, 6) is 0.630. The van der Waals surface area contributed by atoms with Crippen LogP contribution in [0, 0.1) is 5.92 Å². The van der Waals surface area contributed by atoms with Crippen molar-refractivity contribution in [2.45, 2.75) is 96.4 Å². The van der Waals surface area contributed by atoms with E-state index >= 15 is 0 Å². The standard InChI is InChI=1S/C25H35F3N6/c1-6-19-9-13-33(29-19)18(3)8-7-17(2)21-10-14-34(30-21)22-15-20(22)24(4,5)23-11-12-32(31-23)16-25(26,27)28/h9-14,17-18,20,22H,6-8,15-16H2,1-5H3. The summed E-state index contributed by atoms with van der Waals surface area (Å²) in [7, 11) is 0. The van der Waals surface area contributed by atoms with E-state index in [1.54, 1.807) is 6.07 Å². The van der Waals surface area contributed by atoms with Gasteiger partial charge in [0.1, 0.15) is 6.54 Å². The monoisotopic (exact) mass is 476 g/mol. The molecule has 0 amide bonds. The molecule has 0 radical (unpaired) electrons. The minimum absolute atomic E-state index is 0.249. The lowest BCUT2D eigenvalue weighted by Crippen LogP contribution is -2.24. The number of rotatable bonds is 10. The Morgan fingerprint density at radius 3 is 2.44 bits per heavy atom. The van der Waals surface area contributed by atoms with Crippen molar-refractivity contribution in [3.05, 3.63) is 53.9 Å². The fraction of sp³-hybridized carbons (Fsp3) is 0.640. The highest BCUT2D eigenvalue weighted by Gasteiger charge is 2.51. The van der Waals surface area contributed by atoms with Gasteiger partial charge in [-0.25, -0.2) is 0 Å². The van der Waals surface area contributed by atoms with Gasteiger partial charge in [-0.05, 0) is 56.7 Å². The van der Waals surface area contributed by atoms with E-state index in [4.69, 9.17) is 5.10 Å². The van der Waals surface area contributed by atoms with Crippen molar-refractivity contribution in [1.29, 1.82) is 0 Å². The number of hydrogen-bond acceptors (Lipinski definition) is 3. The van der Waals surface area contributed by atoms with E-state index < -0.39 is 12.7 Å². The first-order valence-electron chi connectivity index (χ1n) is 12.2. The molecule has 4 rings (SSSR count). The molecule has 34 heavy (non-hydrogen) atoms. The van der Waals surface area contributed by atoms with Gasteiger partial charge in [0.15, 0.2) is 0 Å². The quantitative estimate of drug-likeness (QED) is 0.356. The Morgan fingerprint density at radius 1 is 1.00 bits per heavy atom. The summed E-state index contributed by atoms with van der Waals surface area (Å²) < 4.78 is 43.2. The number of alkyl halides is 3. The first-order chi connectivity index (χ1) is 16.0. The molecule has 0 saturated heterocycles. The van der Waals surface area contributed by atoms with Gasteiger partial charge in [-0.1, -0.05) is 27.7 Å². The fourth-order valence-corrected chi connectivity index (χ4v) is 4.80. The average molecular weight is 477 g/mol. The Balaban J connectivity index is 1.33. The number of aryl methyl sites for hydroxylation is 1. The Bertz CT molecular complexity index is 1090. The Labute approximate surface area is 199 Å². The van der Waals surface area contributed by atoms with Crippen molar-refractivity contribution < 1.29 is 13.2 Å². The van der Waals surface area contributed by atoms with Crippen molar-refractivity contribution in [1.82, 2.24) is 29.3 Å². The molecule has 1 saturated carbocycles. The smallest absolute Gasteiger partial charge is 0.270 e. The van der Waals surface area contributed by atoms with E-state index in [0.29, 0.717) is 17.7 Å². The average Bonchev–Trinajstić information content (AvgIpc) is 3.17. The van der Waals surface area contributed by atoms with E-state index in [9.17, 15) is 13.2 Å². The molecule has 0 bridgehead atoms. The van der Waals surface area contributed by atoms with Gasteiger partial charge in [-0.2, -0.15) is 28.5 Å². The molecule has 1 fully saturated rings. The zero-order chi connectivity index (χ0) is 24.7. The highest BCUT2D eigenvalue weighted by molar-refractivity contribution is 5.20. The van der Waals surface area contributed by atoms with Crippen LogP contribution in [0.3, 0.4) is 0 Å². The second kappa shape index (κ2) is 9.23. The topological polar surface area (TPSA) is 53.5 Å². The molecule has 4 atom stereocenters. The van der Waals surface area contributed by atoms with Crippen LogP contribution >= 0.6 is 0 Å². The lowest BCUT2D eigenvalue weighted by molar-refractivity contribution is -0.142. The molecule has 3 heterocycles. The normalized spacial score (nSPS) is 20.5. The number of aromatic nitrogens is 6. The fourth-order valence-electron chi connectivity index (χ4n) is 4.80. The van der Waals surface area contributed by atoms with Gasteiger partial charge in [-0.15, -0.1) is 0 Å². The SMILES string of the molecule is CCc1ccn(C(C)CCC(C)c2ccn(C3CC3C(C)(C)c3ccn(CC(F)(F)F)n3)n2)n1. The molecule has 0 aliphatic heterocycles. The highest BCUT2D eigenvalue weighted by Crippen LogP contribution is 2.54. The van der Waals surface area contributed by atoms with Gasteiger partial charge in [-0.3, -0.25) is 14.0 Å². The van der Waals surface area contributed by atoms with Crippen LogP contribution in [0.25, 0.3) is 0 Å². The molecular weight excluding hydrogens is 441 g/mol. The summed E-state index contributed by atoms with van der Waals surface area (Å²) >= 11 is 0. The zero-order valence-corrected chi connectivity index (χ0v) is 20.6. The maximum absolute atomic E-state index is 12.7. The summed E-state index contributed by atoms with van der Waals surface area (Å²) in [6, 6.07) is 6.48. The molecule has 9 heteroatoms. The van der Waals surface area contributed by atoms with E-state index in [1.807, 2.05) is 10.9 Å². The Morgan fingerprint density at radius 2 is 1.76 bits per heavy atom. The molecular formula is C25H35F3N6. The van der Waals surface area contributed by atoms with Crippen LogP contribution in [0.4, 0.5) is 13.2 Å². The molecule has 1 aliphatic carbocycles. The third kappa shape index (κ3) is 5.39. The lowest BCUT2D eigenvalue weighted by Gasteiger charge is -2.23. The summed E-state index contributed by atoms with van der Waals surface area (Å²) in [5.41, 5.74) is 2.58. The van der Waals surface area contributed by atoms with Crippen LogP contribution < -0.4 is 0 Å². The van der Waals surface area contributed by atoms with Crippen LogP contribution in [0.1, 0.15) is 89.0 Å². The van der Waals surface area contributed by atoms with Crippen molar-refractivity contribution in [2.24, 2.45) is 5.92 Å². The van der Waals surface area contributed by atoms with Crippen LogP contribution in [0.2, 0.25) is 0 Å². The van der Waals surface area contributed by atoms with Crippen LogP contribution in [0.5, 0.6) is 0 Å². The van der Waals surface area contributed by atoms with Gasteiger partial charge in [0.05, 0.1) is 23.1 Å². The number of nitrogens with zero attached hydrogens (tertiary/aromatic N) is 6. The first kappa shape index (κ1) is 24.5. The third-order valence-electron chi connectivity index (χ3n) is 7.29. The minimum atomic E-state index is -4.27. The summed E-state index contributed by atoms with van der Waals surface area (Å²) in [5, 5.41) is 13.7. The summed E-state index contributed by atoms with van der Waals surface area (Å²) in [6.07, 6.45) is 5.19. The highest BCUT2D eigenvalue weighted by atomic mass is 19.4. The largest absolute Gasteiger partial charge is 0.408 e. The predicted octanol–water partition coefficient (Wildman–Crippen LogP) is 6.08. The van der Waals surface area contributed by atoms with Gasteiger partial charge < -0.3 is 0 Å². The molecule has 186 valence electrons. The van der Waals surface area contributed by atoms with Crippen LogP contribution in [-0.4, -0.2) is 35.5 Å². The van der Waals surface area contributed by atoms with Crippen molar-refractivity contribution in [3.63, 3.8) is 0 Å². The van der Waals surface area contributed by atoms with Crippen LogP contribution in [0.15, 0.2) is 36.8 Å². The van der Waals surface area contributed by atoms with Gasteiger partial charge >= 0.3 is 6.18 Å². The zero-order valence-electron chi connectivity index (χ0n) is 20.6. The van der Waals surface area contributed by atoms with E-state index in [2.05, 4.69) is 67.8 Å². The maximum Gasteiger partial charge on any atom is 0.408 e. The number of hydrogen-bond donors (Lipinski definition) is 0. The molecule has 3 aromatic rings. The molecule has 0 spiro atoms. The number of halogens is 3. The third-order valence-corrected chi connectivity index (χ3v) is 7.29. The van der Waals surface area contributed by atoms with Gasteiger partial charge in [0.25, 0.3) is 0 Å². The van der Waals surface area contributed by atoms with E-state index in [1.165, 1.54) is 6.20 Å². The summed E-state index contributed by atoms with van der Waals surface area (Å²) in [4.78, 5) is 0. The van der Waals surface area contributed by atoms with Gasteiger partial charge in [0, 0.05) is 36.0 Å². The van der Waals surface area contributed by atoms with E-state index in [-0.39, 0.29) is 17.4 Å². The van der Waals surface area contributed by atoms with Gasteiger partial charge in [0.2, 0.25) is 0 Å². The lowest BCUT2D eigenvalue weighted by atomic mass is 9.83. The molecule has 0 aromatic carbocycles. The second-order valence-corrected chi connectivity index (χ2v) is 10.3. The van der Waals surface area contributed by atoms with E-state index in [0.717, 1.165) is 41.8 Å². The Hall–Kier alpha value is -2.58. The molecule has 6 nitrogen and oxygen atoms in total. The first-order valence-corrected chi connectivity index (χ1v) is 12.2. The van der Waals surface area contributed by atoms with Crippen molar-refractivity contribution >= 4 is 0 Å². The summed E-state index contributed by atoms with van der Waals surface area (Å²) in [6.45, 7) is 9.58. The second-order valence-electron chi connectivity index (χ2n) is 10.3. The van der Waals surface area contributed by atoms with Crippen molar-refractivity contribution in [2.75, 3.05) is 0 Å². The maximum atomic E-state index is 12.7. The molecule has 3 aromatic heterocycles.